The molecule has 0 saturated carbocycles. The Hall–Kier alpha value is -1.69. The number of fused-ring (bicyclic) bond motifs is 1. The molecule has 1 fully saturated rings. The molecule has 2 aromatic heterocycles. The van der Waals surface area contributed by atoms with Gasteiger partial charge in [0.05, 0.1) is 11.7 Å². The van der Waals surface area contributed by atoms with Crippen LogP contribution in [0.1, 0.15) is 30.4 Å². The SMILES string of the molecule is Cc1nc2c(c(C)nn2C2CCOCC2)c(=O)[nH]1. The molecule has 2 aromatic rings. The first-order chi connectivity index (χ1) is 8.66. The van der Waals surface area contributed by atoms with Gasteiger partial charge >= 0.3 is 0 Å². The van der Waals surface area contributed by atoms with E-state index in [0.717, 1.165) is 31.7 Å². The van der Waals surface area contributed by atoms with Gasteiger partial charge in [0.15, 0.2) is 5.65 Å². The van der Waals surface area contributed by atoms with Gasteiger partial charge in [0.2, 0.25) is 0 Å². The van der Waals surface area contributed by atoms with Gasteiger partial charge in [-0.15, -0.1) is 0 Å². The molecule has 1 saturated heterocycles. The molecule has 0 aliphatic carbocycles. The molecular weight excluding hydrogens is 232 g/mol. The van der Waals surface area contributed by atoms with E-state index in [1.165, 1.54) is 0 Å². The molecule has 1 N–H and O–H groups in total. The normalized spacial score (nSPS) is 17.4. The minimum absolute atomic E-state index is 0.103. The maximum atomic E-state index is 11.9. The Kier molecular flexibility index (Phi) is 2.66. The number of H-pyrrole nitrogens is 1. The van der Waals surface area contributed by atoms with Gasteiger partial charge < -0.3 is 9.72 Å². The maximum absolute atomic E-state index is 11.9. The highest BCUT2D eigenvalue weighted by atomic mass is 16.5. The summed E-state index contributed by atoms with van der Waals surface area (Å²) in [4.78, 5) is 19.1. The zero-order valence-corrected chi connectivity index (χ0v) is 10.6. The lowest BCUT2D eigenvalue weighted by molar-refractivity contribution is 0.0672. The van der Waals surface area contributed by atoms with Crippen LogP contribution in [0.5, 0.6) is 0 Å². The molecule has 0 aromatic carbocycles. The Balaban J connectivity index is 2.20. The van der Waals surface area contributed by atoms with Crippen molar-refractivity contribution in [1.29, 1.82) is 0 Å². The fourth-order valence-electron chi connectivity index (χ4n) is 2.51. The summed E-state index contributed by atoms with van der Waals surface area (Å²) in [6.07, 6.45) is 1.84. The first-order valence-corrected chi connectivity index (χ1v) is 6.20. The second-order valence-corrected chi connectivity index (χ2v) is 4.72. The summed E-state index contributed by atoms with van der Waals surface area (Å²) in [5.41, 5.74) is 1.33. The summed E-state index contributed by atoms with van der Waals surface area (Å²) in [6, 6.07) is 0.281. The van der Waals surface area contributed by atoms with Gasteiger partial charge in [0, 0.05) is 13.2 Å². The first-order valence-electron chi connectivity index (χ1n) is 6.20. The van der Waals surface area contributed by atoms with Gasteiger partial charge in [-0.25, -0.2) is 9.67 Å². The van der Waals surface area contributed by atoms with Gasteiger partial charge in [0.1, 0.15) is 11.2 Å². The van der Waals surface area contributed by atoms with Gasteiger partial charge in [0.25, 0.3) is 5.56 Å². The predicted molar refractivity (Wildman–Crippen MR) is 66.7 cm³/mol. The molecule has 0 atom stereocenters. The Morgan fingerprint density at radius 1 is 1.33 bits per heavy atom. The zero-order chi connectivity index (χ0) is 12.7. The standard InChI is InChI=1S/C12H16N4O2/c1-7-10-11(13-8(2)14-12(10)17)16(15-7)9-3-5-18-6-4-9/h9H,3-6H2,1-2H3,(H,13,14,17). The quantitative estimate of drug-likeness (QED) is 0.819. The Labute approximate surface area is 104 Å². The molecule has 6 nitrogen and oxygen atoms in total. The third kappa shape index (κ3) is 1.73. The van der Waals surface area contributed by atoms with E-state index in [9.17, 15) is 4.79 Å². The molecule has 6 heteroatoms. The van der Waals surface area contributed by atoms with E-state index in [0.29, 0.717) is 16.9 Å². The molecule has 3 rings (SSSR count). The Bertz CT molecular complexity index is 637. The molecule has 1 aliphatic heterocycles. The van der Waals surface area contributed by atoms with Crippen molar-refractivity contribution in [2.75, 3.05) is 13.2 Å². The van der Waals surface area contributed by atoms with Crippen LogP contribution in [0.2, 0.25) is 0 Å². The smallest absolute Gasteiger partial charge is 0.262 e. The highest BCUT2D eigenvalue weighted by Gasteiger charge is 2.21. The van der Waals surface area contributed by atoms with Crippen LogP contribution in [0.3, 0.4) is 0 Å². The Morgan fingerprint density at radius 2 is 2.06 bits per heavy atom. The van der Waals surface area contributed by atoms with E-state index in [4.69, 9.17) is 4.74 Å². The van der Waals surface area contributed by atoms with Crippen molar-refractivity contribution in [3.05, 3.63) is 21.9 Å². The number of hydrogen-bond acceptors (Lipinski definition) is 4. The molecule has 0 radical (unpaired) electrons. The van der Waals surface area contributed by atoms with Gasteiger partial charge in [-0.05, 0) is 26.7 Å². The van der Waals surface area contributed by atoms with Crippen LogP contribution in [0, 0.1) is 13.8 Å². The van der Waals surface area contributed by atoms with Crippen molar-refractivity contribution in [2.24, 2.45) is 0 Å². The van der Waals surface area contributed by atoms with Crippen molar-refractivity contribution in [3.63, 3.8) is 0 Å². The van der Waals surface area contributed by atoms with Crippen molar-refractivity contribution in [3.8, 4) is 0 Å². The van der Waals surface area contributed by atoms with E-state index in [1.54, 1.807) is 6.92 Å². The summed E-state index contributed by atoms with van der Waals surface area (Å²) >= 11 is 0. The van der Waals surface area contributed by atoms with E-state index in [1.807, 2.05) is 11.6 Å². The van der Waals surface area contributed by atoms with Gasteiger partial charge in [-0.1, -0.05) is 0 Å². The third-order valence-electron chi connectivity index (χ3n) is 3.39. The third-order valence-corrected chi connectivity index (χ3v) is 3.39. The van der Waals surface area contributed by atoms with Crippen LogP contribution in [-0.4, -0.2) is 33.0 Å². The maximum Gasteiger partial charge on any atom is 0.262 e. The second-order valence-electron chi connectivity index (χ2n) is 4.72. The lowest BCUT2D eigenvalue weighted by atomic mass is 10.1. The lowest BCUT2D eigenvalue weighted by Gasteiger charge is -2.22. The van der Waals surface area contributed by atoms with Crippen LogP contribution in [0.25, 0.3) is 11.0 Å². The number of aromatic amines is 1. The van der Waals surface area contributed by atoms with Crippen molar-refractivity contribution in [2.45, 2.75) is 32.7 Å². The van der Waals surface area contributed by atoms with E-state index < -0.39 is 0 Å². The first kappa shape index (κ1) is 11.4. The van der Waals surface area contributed by atoms with Crippen LogP contribution in [0.4, 0.5) is 0 Å². The van der Waals surface area contributed by atoms with Gasteiger partial charge in [-0.3, -0.25) is 4.79 Å². The summed E-state index contributed by atoms with van der Waals surface area (Å²) in [5.74, 6) is 0.626. The summed E-state index contributed by atoms with van der Waals surface area (Å²) in [6.45, 7) is 5.13. The van der Waals surface area contributed by atoms with Gasteiger partial charge in [-0.2, -0.15) is 5.10 Å². The molecule has 0 amide bonds. The fraction of sp³-hybridized carbons (Fsp3) is 0.583. The number of nitrogens with zero attached hydrogens (tertiary/aromatic N) is 3. The highest BCUT2D eigenvalue weighted by molar-refractivity contribution is 5.77. The zero-order valence-electron chi connectivity index (χ0n) is 10.6. The molecule has 1 aliphatic rings. The summed E-state index contributed by atoms with van der Waals surface area (Å²) < 4.78 is 7.26. The molecule has 96 valence electrons. The Morgan fingerprint density at radius 3 is 2.78 bits per heavy atom. The van der Waals surface area contributed by atoms with E-state index >= 15 is 0 Å². The van der Waals surface area contributed by atoms with E-state index in [2.05, 4.69) is 15.1 Å². The highest BCUT2D eigenvalue weighted by Crippen LogP contribution is 2.24. The molecule has 0 bridgehead atoms. The lowest BCUT2D eigenvalue weighted by Crippen LogP contribution is -2.21. The van der Waals surface area contributed by atoms with E-state index in [-0.39, 0.29) is 11.6 Å². The number of aromatic nitrogens is 4. The minimum atomic E-state index is -0.103. The van der Waals surface area contributed by atoms with Crippen LogP contribution >= 0.6 is 0 Å². The number of rotatable bonds is 1. The topological polar surface area (TPSA) is 72.8 Å². The largest absolute Gasteiger partial charge is 0.381 e. The van der Waals surface area contributed by atoms with Crippen LogP contribution in [-0.2, 0) is 4.74 Å². The fourth-order valence-corrected chi connectivity index (χ4v) is 2.51. The average molecular weight is 248 g/mol. The summed E-state index contributed by atoms with van der Waals surface area (Å²) in [5, 5.41) is 5.10. The van der Waals surface area contributed by atoms with Crippen LogP contribution < -0.4 is 5.56 Å². The summed E-state index contributed by atoms with van der Waals surface area (Å²) in [7, 11) is 0. The molecular formula is C12H16N4O2. The van der Waals surface area contributed by atoms with Crippen molar-refractivity contribution < 1.29 is 4.74 Å². The predicted octanol–water partition coefficient (Wildman–Crippen LogP) is 1.09. The number of nitrogens with one attached hydrogen (secondary N) is 1. The van der Waals surface area contributed by atoms with Crippen LogP contribution in [0.15, 0.2) is 4.79 Å². The minimum Gasteiger partial charge on any atom is -0.381 e. The number of hydrogen-bond donors (Lipinski definition) is 1. The van der Waals surface area contributed by atoms with Crippen molar-refractivity contribution in [1.82, 2.24) is 19.7 Å². The molecule has 3 heterocycles. The monoisotopic (exact) mass is 248 g/mol. The number of aryl methyl sites for hydroxylation is 2. The van der Waals surface area contributed by atoms with Crippen molar-refractivity contribution >= 4 is 11.0 Å². The second kappa shape index (κ2) is 4.20. The molecule has 0 spiro atoms. The number of ether oxygens (including phenoxy) is 1. The average Bonchev–Trinajstić information content (AvgIpc) is 2.67. The molecule has 0 unspecified atom stereocenters. The molecule has 18 heavy (non-hydrogen) atoms.